The summed E-state index contributed by atoms with van der Waals surface area (Å²) in [4.78, 5) is 27.7. The van der Waals surface area contributed by atoms with Crippen LogP contribution in [0.4, 0.5) is 33.2 Å². The average Bonchev–Trinajstić information content (AvgIpc) is 3.39. The molecule has 3 heterocycles. The van der Waals surface area contributed by atoms with Crippen molar-refractivity contribution in [2.24, 2.45) is 0 Å². The smallest absolute Gasteiger partial charge is 0.255 e. The minimum Gasteiger partial charge on any atom is -0.384 e. The van der Waals surface area contributed by atoms with Crippen molar-refractivity contribution >= 4 is 34.7 Å². The molecule has 2 aromatic carbocycles. The summed E-state index contributed by atoms with van der Waals surface area (Å²) >= 11 is 0. The summed E-state index contributed by atoms with van der Waals surface area (Å²) in [6.45, 7) is 3.89. The number of halogens is 1. The fraction of sp³-hybridized carbons (Fsp3) is 0.231. The van der Waals surface area contributed by atoms with Crippen LogP contribution >= 0.6 is 0 Å². The second-order valence-electron chi connectivity index (χ2n) is 8.61. The number of benzene rings is 2. The summed E-state index contributed by atoms with van der Waals surface area (Å²) in [6, 6.07) is 12.3. The van der Waals surface area contributed by atoms with Crippen LogP contribution < -0.4 is 21.3 Å². The van der Waals surface area contributed by atoms with E-state index in [4.69, 9.17) is 10.5 Å². The SMILES string of the molecule is Cc1ccc(NC(=O)c2ccc(N3CCOCC3)c(CF)c2)cc1Nc1nccn1-c1cc(N)ncn1. The molecule has 0 bridgehead atoms. The molecule has 0 aliphatic carbocycles. The molecule has 1 amide bonds. The molecule has 2 aromatic heterocycles. The summed E-state index contributed by atoms with van der Waals surface area (Å²) in [6.07, 6.45) is 4.79. The average molecular weight is 503 g/mol. The number of alkyl halides is 1. The molecule has 37 heavy (non-hydrogen) atoms. The zero-order valence-corrected chi connectivity index (χ0v) is 20.3. The predicted octanol–water partition coefficient (Wildman–Crippen LogP) is 3.85. The van der Waals surface area contributed by atoms with E-state index in [0.29, 0.717) is 60.7 Å². The maximum Gasteiger partial charge on any atom is 0.255 e. The van der Waals surface area contributed by atoms with E-state index in [9.17, 15) is 9.18 Å². The first kappa shape index (κ1) is 24.2. The van der Waals surface area contributed by atoms with Crippen molar-refractivity contribution in [3.63, 3.8) is 0 Å². The highest BCUT2D eigenvalue weighted by Gasteiger charge is 2.17. The predicted molar refractivity (Wildman–Crippen MR) is 140 cm³/mol. The van der Waals surface area contributed by atoms with Crippen LogP contribution in [0, 0.1) is 6.92 Å². The van der Waals surface area contributed by atoms with E-state index >= 15 is 0 Å². The summed E-state index contributed by atoms with van der Waals surface area (Å²) in [7, 11) is 0. The number of carbonyl (C=O) groups is 1. The molecule has 5 rings (SSSR count). The first-order valence-corrected chi connectivity index (χ1v) is 11.8. The first-order chi connectivity index (χ1) is 18.0. The number of morpholine rings is 1. The number of ether oxygens (including phenoxy) is 1. The lowest BCUT2D eigenvalue weighted by Gasteiger charge is -2.30. The Balaban J connectivity index is 1.34. The van der Waals surface area contributed by atoms with Crippen molar-refractivity contribution in [3.05, 3.63) is 77.9 Å². The number of imidazole rings is 1. The van der Waals surface area contributed by atoms with Crippen molar-refractivity contribution in [3.8, 4) is 5.82 Å². The molecular formula is C26H27FN8O2. The molecule has 4 N–H and O–H groups in total. The van der Waals surface area contributed by atoms with Crippen LogP contribution in [0.1, 0.15) is 21.5 Å². The van der Waals surface area contributed by atoms with Crippen molar-refractivity contribution in [2.45, 2.75) is 13.6 Å². The van der Waals surface area contributed by atoms with Crippen LogP contribution in [0.15, 0.2) is 61.2 Å². The van der Waals surface area contributed by atoms with E-state index < -0.39 is 6.67 Å². The molecule has 11 heteroatoms. The van der Waals surface area contributed by atoms with Gasteiger partial charge in [-0.1, -0.05) is 6.07 Å². The number of anilines is 5. The van der Waals surface area contributed by atoms with E-state index in [1.807, 2.05) is 25.1 Å². The van der Waals surface area contributed by atoms with Gasteiger partial charge in [0.25, 0.3) is 5.91 Å². The van der Waals surface area contributed by atoms with Crippen LogP contribution in [0.2, 0.25) is 0 Å². The van der Waals surface area contributed by atoms with E-state index in [2.05, 4.69) is 30.5 Å². The molecule has 4 aromatic rings. The first-order valence-electron chi connectivity index (χ1n) is 11.8. The van der Waals surface area contributed by atoms with Crippen molar-refractivity contribution in [1.29, 1.82) is 0 Å². The minimum absolute atomic E-state index is 0.323. The van der Waals surface area contributed by atoms with Crippen LogP contribution in [0.25, 0.3) is 5.82 Å². The number of nitrogen functional groups attached to an aromatic ring is 1. The highest BCUT2D eigenvalue weighted by Crippen LogP contribution is 2.27. The van der Waals surface area contributed by atoms with Gasteiger partial charge in [-0.2, -0.15) is 0 Å². The maximum atomic E-state index is 13.8. The lowest BCUT2D eigenvalue weighted by atomic mass is 10.1. The summed E-state index contributed by atoms with van der Waals surface area (Å²) < 4.78 is 21.0. The number of aryl methyl sites for hydroxylation is 1. The molecule has 1 saturated heterocycles. The lowest BCUT2D eigenvalue weighted by Crippen LogP contribution is -2.36. The van der Waals surface area contributed by atoms with Gasteiger partial charge in [0.1, 0.15) is 24.6 Å². The second kappa shape index (κ2) is 10.6. The standard InChI is InChI=1S/C26H27FN8O2/c1-17-2-4-20(13-21(17)33-26-29-6-7-35(26)24-14-23(28)30-16-31-24)32-25(36)18-3-5-22(19(12-18)15-27)34-8-10-37-11-9-34/h2-7,12-14,16H,8-11,15H2,1H3,(H,29,33)(H,32,36)(H2,28,30,31). The number of carbonyl (C=O) groups excluding carboxylic acids is 1. The number of nitrogens with zero attached hydrogens (tertiary/aromatic N) is 5. The quantitative estimate of drug-likeness (QED) is 0.348. The van der Waals surface area contributed by atoms with Gasteiger partial charge in [0.2, 0.25) is 5.95 Å². The van der Waals surface area contributed by atoms with Crippen LogP contribution in [0.5, 0.6) is 0 Å². The number of aromatic nitrogens is 4. The Kier molecular flexibility index (Phi) is 6.95. The monoisotopic (exact) mass is 502 g/mol. The molecule has 10 nitrogen and oxygen atoms in total. The summed E-state index contributed by atoms with van der Waals surface area (Å²) in [5.41, 5.74) is 9.75. The summed E-state index contributed by atoms with van der Waals surface area (Å²) in [5.74, 6) is 1.12. The van der Waals surface area contributed by atoms with Crippen molar-refractivity contribution < 1.29 is 13.9 Å². The number of amides is 1. The molecule has 0 radical (unpaired) electrons. The molecule has 0 unspecified atom stereocenters. The van der Waals surface area contributed by atoms with Crippen LogP contribution in [-0.2, 0) is 11.4 Å². The molecule has 0 atom stereocenters. The van der Waals surface area contributed by atoms with Gasteiger partial charge in [-0.15, -0.1) is 0 Å². The second-order valence-corrected chi connectivity index (χ2v) is 8.61. The zero-order valence-electron chi connectivity index (χ0n) is 20.3. The number of rotatable bonds is 7. The maximum absolute atomic E-state index is 13.8. The van der Waals surface area contributed by atoms with Gasteiger partial charge in [0, 0.05) is 59.7 Å². The van der Waals surface area contributed by atoms with Gasteiger partial charge in [0.15, 0.2) is 0 Å². The zero-order chi connectivity index (χ0) is 25.8. The molecule has 1 aliphatic heterocycles. The molecular weight excluding hydrogens is 475 g/mol. The van der Waals surface area contributed by atoms with E-state index in [1.165, 1.54) is 6.33 Å². The van der Waals surface area contributed by atoms with Crippen molar-refractivity contribution in [1.82, 2.24) is 19.5 Å². The van der Waals surface area contributed by atoms with Gasteiger partial charge in [-0.25, -0.2) is 19.3 Å². The fourth-order valence-corrected chi connectivity index (χ4v) is 4.18. The van der Waals surface area contributed by atoms with Crippen LogP contribution in [-0.4, -0.2) is 51.7 Å². The Labute approximate surface area is 213 Å². The Morgan fingerprint density at radius 1 is 1.11 bits per heavy atom. The highest BCUT2D eigenvalue weighted by molar-refractivity contribution is 6.05. The number of hydrogen-bond donors (Lipinski definition) is 3. The Morgan fingerprint density at radius 3 is 2.73 bits per heavy atom. The van der Waals surface area contributed by atoms with Crippen molar-refractivity contribution in [2.75, 3.05) is 47.6 Å². The fourth-order valence-electron chi connectivity index (χ4n) is 4.18. The van der Waals surface area contributed by atoms with Gasteiger partial charge in [-0.3, -0.25) is 9.36 Å². The molecule has 1 fully saturated rings. The van der Waals surface area contributed by atoms with E-state index in [-0.39, 0.29) is 5.91 Å². The minimum atomic E-state index is -0.656. The number of nitrogens with two attached hydrogens (primary N) is 1. The Hall–Kier alpha value is -4.51. The van der Waals surface area contributed by atoms with Gasteiger partial charge < -0.3 is 26.0 Å². The number of nitrogens with one attached hydrogen (secondary N) is 2. The third-order valence-corrected chi connectivity index (χ3v) is 6.14. The van der Waals surface area contributed by atoms with Crippen LogP contribution in [0.3, 0.4) is 0 Å². The molecule has 190 valence electrons. The highest BCUT2D eigenvalue weighted by atomic mass is 19.1. The Morgan fingerprint density at radius 2 is 1.95 bits per heavy atom. The molecule has 1 aliphatic rings. The normalized spacial score (nSPS) is 13.4. The lowest BCUT2D eigenvalue weighted by molar-refractivity contribution is 0.102. The van der Waals surface area contributed by atoms with E-state index in [1.54, 1.807) is 41.2 Å². The topological polar surface area (TPSA) is 123 Å². The van der Waals surface area contributed by atoms with E-state index in [0.717, 1.165) is 16.9 Å². The molecule has 0 saturated carbocycles. The third-order valence-electron chi connectivity index (χ3n) is 6.14. The largest absolute Gasteiger partial charge is 0.384 e. The Bertz CT molecular complexity index is 1420. The van der Waals surface area contributed by atoms with Gasteiger partial charge in [0.05, 0.1) is 13.2 Å². The van der Waals surface area contributed by atoms with Gasteiger partial charge >= 0.3 is 0 Å². The third kappa shape index (κ3) is 5.36. The van der Waals surface area contributed by atoms with Gasteiger partial charge in [-0.05, 0) is 42.8 Å². The number of hydrogen-bond acceptors (Lipinski definition) is 8. The summed E-state index contributed by atoms with van der Waals surface area (Å²) in [5, 5.41) is 6.20. The molecule has 0 spiro atoms.